The lowest BCUT2D eigenvalue weighted by Gasteiger charge is -2.16. The number of ether oxygens (including phenoxy) is 1. The lowest BCUT2D eigenvalue weighted by molar-refractivity contribution is -0.137. The number of rotatable bonds is 8. The third-order valence-corrected chi connectivity index (χ3v) is 4.55. The third kappa shape index (κ3) is 5.85. The Labute approximate surface area is 133 Å². The van der Waals surface area contributed by atoms with Gasteiger partial charge in [0, 0.05) is 26.4 Å². The first-order valence-corrected chi connectivity index (χ1v) is 8.24. The SMILES string of the molecule is CCOCNC/C=C/N(C)S(=O)(=O)c1cccc(C(F)(F)F)c1. The van der Waals surface area contributed by atoms with Gasteiger partial charge in [0.25, 0.3) is 10.0 Å². The fourth-order valence-electron chi connectivity index (χ4n) is 1.60. The molecule has 0 radical (unpaired) electrons. The first kappa shape index (κ1) is 19.5. The molecule has 0 aliphatic rings. The fourth-order valence-corrected chi connectivity index (χ4v) is 2.70. The summed E-state index contributed by atoms with van der Waals surface area (Å²) in [5, 5.41) is 2.88. The first-order chi connectivity index (χ1) is 10.7. The molecule has 0 fully saturated rings. The van der Waals surface area contributed by atoms with Gasteiger partial charge in [-0.05, 0) is 25.1 Å². The third-order valence-electron chi connectivity index (χ3n) is 2.82. The summed E-state index contributed by atoms with van der Waals surface area (Å²) in [6, 6.07) is 3.64. The second-order valence-corrected chi connectivity index (χ2v) is 6.52. The van der Waals surface area contributed by atoms with Crippen molar-refractivity contribution in [3.63, 3.8) is 0 Å². The quantitative estimate of drug-likeness (QED) is 0.577. The Balaban J connectivity index is 2.80. The molecular formula is C14H19F3N2O3S. The molecule has 23 heavy (non-hydrogen) atoms. The van der Waals surface area contributed by atoms with E-state index in [4.69, 9.17) is 4.74 Å². The number of hydrogen-bond donors (Lipinski definition) is 1. The van der Waals surface area contributed by atoms with Crippen LogP contribution < -0.4 is 5.32 Å². The van der Waals surface area contributed by atoms with Crippen LogP contribution in [0.5, 0.6) is 0 Å². The van der Waals surface area contributed by atoms with Crippen molar-refractivity contribution >= 4 is 10.0 Å². The van der Waals surface area contributed by atoms with Gasteiger partial charge in [0.05, 0.1) is 17.2 Å². The summed E-state index contributed by atoms with van der Waals surface area (Å²) in [6.07, 6.45) is -1.79. The van der Waals surface area contributed by atoms with Crippen molar-refractivity contribution < 1.29 is 26.3 Å². The van der Waals surface area contributed by atoms with E-state index >= 15 is 0 Å². The van der Waals surface area contributed by atoms with Gasteiger partial charge in [-0.15, -0.1) is 0 Å². The Kier molecular flexibility index (Phi) is 7.04. The number of alkyl halides is 3. The van der Waals surface area contributed by atoms with Crippen LogP contribution in [0.3, 0.4) is 0 Å². The molecule has 0 aliphatic carbocycles. The van der Waals surface area contributed by atoms with Gasteiger partial charge >= 0.3 is 6.18 Å². The van der Waals surface area contributed by atoms with E-state index in [1.807, 2.05) is 6.92 Å². The summed E-state index contributed by atoms with van der Waals surface area (Å²) in [5.41, 5.74) is -1.01. The van der Waals surface area contributed by atoms with Gasteiger partial charge in [-0.1, -0.05) is 12.1 Å². The zero-order valence-corrected chi connectivity index (χ0v) is 13.6. The summed E-state index contributed by atoms with van der Waals surface area (Å²) >= 11 is 0. The van der Waals surface area contributed by atoms with E-state index in [1.165, 1.54) is 19.3 Å². The zero-order valence-electron chi connectivity index (χ0n) is 12.8. The van der Waals surface area contributed by atoms with Crippen LogP contribution in [0.2, 0.25) is 0 Å². The van der Waals surface area contributed by atoms with E-state index in [1.54, 1.807) is 0 Å². The first-order valence-electron chi connectivity index (χ1n) is 6.80. The van der Waals surface area contributed by atoms with Crippen molar-refractivity contribution in [2.45, 2.75) is 18.0 Å². The average Bonchev–Trinajstić information content (AvgIpc) is 2.49. The van der Waals surface area contributed by atoms with Crippen molar-refractivity contribution in [1.82, 2.24) is 9.62 Å². The van der Waals surface area contributed by atoms with Crippen LogP contribution in [0.25, 0.3) is 0 Å². The summed E-state index contributed by atoms with van der Waals surface area (Å²) in [4.78, 5) is -0.415. The molecule has 0 atom stereocenters. The van der Waals surface area contributed by atoms with Crippen LogP contribution in [-0.2, 0) is 20.9 Å². The Morgan fingerprint density at radius 3 is 2.65 bits per heavy atom. The smallest absolute Gasteiger partial charge is 0.367 e. The molecule has 0 bridgehead atoms. The summed E-state index contributed by atoms with van der Waals surface area (Å²) in [6.45, 7) is 3.08. The molecule has 0 heterocycles. The van der Waals surface area contributed by atoms with E-state index in [0.29, 0.717) is 25.9 Å². The van der Waals surface area contributed by atoms with Crippen LogP contribution in [0.1, 0.15) is 12.5 Å². The van der Waals surface area contributed by atoms with Gasteiger partial charge in [-0.2, -0.15) is 13.2 Å². The highest BCUT2D eigenvalue weighted by Crippen LogP contribution is 2.30. The van der Waals surface area contributed by atoms with Gasteiger partial charge in [0.15, 0.2) is 0 Å². The van der Waals surface area contributed by atoms with Gasteiger partial charge < -0.3 is 4.74 Å². The Morgan fingerprint density at radius 2 is 2.04 bits per heavy atom. The highest BCUT2D eigenvalue weighted by Gasteiger charge is 2.32. The molecule has 1 aromatic rings. The van der Waals surface area contributed by atoms with Crippen molar-refractivity contribution in [1.29, 1.82) is 0 Å². The molecule has 130 valence electrons. The fraction of sp³-hybridized carbons (Fsp3) is 0.429. The lowest BCUT2D eigenvalue weighted by atomic mass is 10.2. The Hall–Kier alpha value is -1.58. The van der Waals surface area contributed by atoms with Gasteiger partial charge in [-0.25, -0.2) is 8.42 Å². The molecule has 0 aliphatic heterocycles. The second kappa shape index (κ2) is 8.32. The van der Waals surface area contributed by atoms with Crippen LogP contribution in [0.15, 0.2) is 41.4 Å². The molecule has 0 saturated carbocycles. The highest BCUT2D eigenvalue weighted by atomic mass is 32.2. The minimum Gasteiger partial charge on any atom is -0.367 e. The van der Waals surface area contributed by atoms with Gasteiger partial charge in [0.1, 0.15) is 0 Å². The van der Waals surface area contributed by atoms with Gasteiger partial charge in [0.2, 0.25) is 0 Å². The number of hydrogen-bond acceptors (Lipinski definition) is 4. The molecule has 0 spiro atoms. The van der Waals surface area contributed by atoms with E-state index in [2.05, 4.69) is 5.32 Å². The molecule has 9 heteroatoms. The minimum atomic E-state index is -4.59. The molecule has 1 rings (SSSR count). The Morgan fingerprint density at radius 1 is 1.35 bits per heavy atom. The van der Waals surface area contributed by atoms with Crippen LogP contribution in [-0.4, -0.2) is 39.7 Å². The van der Waals surface area contributed by atoms with E-state index in [0.717, 1.165) is 22.5 Å². The van der Waals surface area contributed by atoms with Crippen molar-refractivity contribution in [3.8, 4) is 0 Å². The van der Waals surface area contributed by atoms with E-state index in [9.17, 15) is 21.6 Å². The average molecular weight is 352 g/mol. The second-order valence-electron chi connectivity index (χ2n) is 4.52. The maximum Gasteiger partial charge on any atom is 0.416 e. The molecule has 0 unspecified atom stereocenters. The molecule has 5 nitrogen and oxygen atoms in total. The summed E-state index contributed by atoms with van der Waals surface area (Å²) < 4.78 is 68.4. The monoisotopic (exact) mass is 352 g/mol. The standard InChI is InChI=1S/C14H19F3N2O3S/c1-3-22-11-18-8-5-9-19(2)23(20,21)13-7-4-6-12(10-13)14(15,16)17/h4-7,9-10,18H,3,8,11H2,1-2H3/b9-5+. The number of nitrogens with zero attached hydrogens (tertiary/aromatic N) is 1. The Bertz CT molecular complexity index is 630. The predicted molar refractivity (Wildman–Crippen MR) is 80.0 cm³/mol. The van der Waals surface area contributed by atoms with Crippen LogP contribution in [0, 0.1) is 0 Å². The molecular weight excluding hydrogens is 333 g/mol. The molecule has 0 aromatic heterocycles. The van der Waals surface area contributed by atoms with Gasteiger partial charge in [-0.3, -0.25) is 9.62 Å². The normalized spacial score (nSPS) is 12.7. The number of halogens is 3. The largest absolute Gasteiger partial charge is 0.416 e. The molecule has 1 aromatic carbocycles. The van der Waals surface area contributed by atoms with E-state index < -0.39 is 26.7 Å². The van der Waals surface area contributed by atoms with Crippen molar-refractivity contribution in [2.75, 3.05) is 26.9 Å². The minimum absolute atomic E-state index is 0.324. The van der Waals surface area contributed by atoms with E-state index in [-0.39, 0.29) is 0 Å². The van der Waals surface area contributed by atoms with Crippen LogP contribution in [0.4, 0.5) is 13.2 Å². The maximum absolute atomic E-state index is 12.7. The van der Waals surface area contributed by atoms with Crippen LogP contribution >= 0.6 is 0 Å². The lowest BCUT2D eigenvalue weighted by Crippen LogP contribution is -2.23. The number of nitrogens with one attached hydrogen (secondary N) is 1. The molecule has 1 N–H and O–H groups in total. The van der Waals surface area contributed by atoms with Crippen molar-refractivity contribution in [2.24, 2.45) is 0 Å². The topological polar surface area (TPSA) is 58.6 Å². The summed E-state index contributed by atoms with van der Waals surface area (Å²) in [5.74, 6) is 0. The number of sulfonamides is 1. The zero-order chi connectivity index (χ0) is 17.5. The maximum atomic E-state index is 12.7. The molecule has 0 amide bonds. The number of benzene rings is 1. The highest BCUT2D eigenvalue weighted by molar-refractivity contribution is 7.89. The van der Waals surface area contributed by atoms with Crippen molar-refractivity contribution in [3.05, 3.63) is 42.1 Å². The summed E-state index contributed by atoms with van der Waals surface area (Å²) in [7, 11) is -2.77. The molecule has 0 saturated heterocycles. The predicted octanol–water partition coefficient (Wildman–Crippen LogP) is 2.42.